The van der Waals surface area contributed by atoms with Gasteiger partial charge in [0.05, 0.1) is 6.20 Å². The van der Waals surface area contributed by atoms with Crippen molar-refractivity contribution in [3.63, 3.8) is 0 Å². The molecule has 2 N–H and O–H groups in total. The number of hydrogen-bond donors (Lipinski definition) is 2. The summed E-state index contributed by atoms with van der Waals surface area (Å²) in [6.07, 6.45) is 1.38. The van der Waals surface area contributed by atoms with Gasteiger partial charge in [0.15, 0.2) is 0 Å². The number of phenolic OH excluding ortho intramolecular Hbond substituents is 1. The maximum atomic E-state index is 12.0. The van der Waals surface area contributed by atoms with Gasteiger partial charge >= 0.3 is 0 Å². The average Bonchev–Trinajstić information content (AvgIpc) is 2.72. The summed E-state index contributed by atoms with van der Waals surface area (Å²) in [5.41, 5.74) is 2.56. The summed E-state index contributed by atoms with van der Waals surface area (Å²) in [5.74, 6) is 0.411. The van der Waals surface area contributed by atoms with Gasteiger partial charge < -0.3 is 14.9 Å². The highest BCUT2D eigenvalue weighted by molar-refractivity contribution is 6.05. The number of aryl methyl sites for hydroxylation is 3. The van der Waals surface area contributed by atoms with Gasteiger partial charge in [-0.1, -0.05) is 5.16 Å². The topological polar surface area (TPSA) is 75.4 Å². The third-order valence-electron chi connectivity index (χ3n) is 2.79. The molecular weight excluding hydrogens is 232 g/mol. The molecule has 0 saturated heterocycles. The number of anilines is 1. The van der Waals surface area contributed by atoms with Crippen molar-refractivity contribution in [3.05, 3.63) is 40.8 Å². The molecule has 0 fully saturated rings. The maximum absolute atomic E-state index is 12.0. The van der Waals surface area contributed by atoms with Gasteiger partial charge in [0.25, 0.3) is 5.91 Å². The average molecular weight is 246 g/mol. The van der Waals surface area contributed by atoms with E-state index in [0.717, 1.165) is 5.56 Å². The van der Waals surface area contributed by atoms with Gasteiger partial charge in [-0.15, -0.1) is 0 Å². The SMILES string of the molecule is Cc1cc(NC(=O)c2cnoc2C)c(C)cc1O. The fourth-order valence-electron chi connectivity index (χ4n) is 1.64. The van der Waals surface area contributed by atoms with Crippen LogP contribution in [0, 0.1) is 20.8 Å². The molecule has 0 aliphatic heterocycles. The molecule has 2 aromatic rings. The van der Waals surface area contributed by atoms with Crippen molar-refractivity contribution < 1.29 is 14.4 Å². The van der Waals surface area contributed by atoms with E-state index >= 15 is 0 Å². The summed E-state index contributed by atoms with van der Waals surface area (Å²) in [5, 5.41) is 15.9. The van der Waals surface area contributed by atoms with E-state index in [1.165, 1.54) is 6.20 Å². The third kappa shape index (κ3) is 2.20. The number of hydrogen-bond acceptors (Lipinski definition) is 4. The Balaban J connectivity index is 2.28. The lowest BCUT2D eigenvalue weighted by Gasteiger charge is -2.10. The number of phenols is 1. The van der Waals surface area contributed by atoms with E-state index in [1.807, 2.05) is 6.92 Å². The minimum atomic E-state index is -0.276. The standard InChI is InChI=1S/C13H14N2O3/c1-7-5-12(16)8(2)4-11(7)15-13(17)10-6-14-18-9(10)3/h4-6,16H,1-3H3,(H,15,17). The van der Waals surface area contributed by atoms with Crippen LogP contribution in [0.2, 0.25) is 0 Å². The lowest BCUT2D eigenvalue weighted by atomic mass is 10.1. The highest BCUT2D eigenvalue weighted by Crippen LogP contribution is 2.25. The Morgan fingerprint density at radius 2 is 2.00 bits per heavy atom. The van der Waals surface area contributed by atoms with E-state index in [2.05, 4.69) is 10.5 Å². The van der Waals surface area contributed by atoms with Gasteiger partial charge in [-0.25, -0.2) is 0 Å². The Morgan fingerprint density at radius 1 is 1.28 bits per heavy atom. The van der Waals surface area contributed by atoms with E-state index in [4.69, 9.17) is 4.52 Å². The normalized spacial score (nSPS) is 10.4. The van der Waals surface area contributed by atoms with E-state index in [-0.39, 0.29) is 11.7 Å². The number of benzene rings is 1. The molecule has 0 bridgehead atoms. The van der Waals surface area contributed by atoms with Gasteiger partial charge in [-0.05, 0) is 44.0 Å². The summed E-state index contributed by atoms with van der Waals surface area (Å²) >= 11 is 0. The molecule has 1 heterocycles. The lowest BCUT2D eigenvalue weighted by molar-refractivity contribution is 0.102. The summed E-state index contributed by atoms with van der Waals surface area (Å²) in [7, 11) is 0. The van der Waals surface area contributed by atoms with E-state index in [1.54, 1.807) is 26.0 Å². The van der Waals surface area contributed by atoms with Crippen molar-refractivity contribution >= 4 is 11.6 Å². The highest BCUT2D eigenvalue weighted by Gasteiger charge is 2.14. The van der Waals surface area contributed by atoms with E-state index < -0.39 is 0 Å². The Bertz CT molecular complexity index is 602. The van der Waals surface area contributed by atoms with Crippen LogP contribution < -0.4 is 5.32 Å². The zero-order valence-corrected chi connectivity index (χ0v) is 10.4. The summed E-state index contributed by atoms with van der Waals surface area (Å²) in [4.78, 5) is 12.0. The van der Waals surface area contributed by atoms with Gasteiger partial charge in [0, 0.05) is 5.69 Å². The van der Waals surface area contributed by atoms with Gasteiger partial charge in [0.1, 0.15) is 17.1 Å². The molecule has 0 aliphatic rings. The molecule has 0 radical (unpaired) electrons. The maximum Gasteiger partial charge on any atom is 0.260 e. The van der Waals surface area contributed by atoms with Crippen LogP contribution in [-0.4, -0.2) is 16.2 Å². The molecule has 0 spiro atoms. The molecule has 5 heteroatoms. The molecule has 1 amide bonds. The molecule has 0 unspecified atom stereocenters. The number of aromatic nitrogens is 1. The van der Waals surface area contributed by atoms with Crippen LogP contribution in [0.4, 0.5) is 5.69 Å². The first-order valence-corrected chi connectivity index (χ1v) is 5.52. The quantitative estimate of drug-likeness (QED) is 0.798. The second-order valence-electron chi connectivity index (χ2n) is 4.20. The second-order valence-corrected chi connectivity index (χ2v) is 4.20. The molecule has 5 nitrogen and oxygen atoms in total. The molecule has 0 aliphatic carbocycles. The van der Waals surface area contributed by atoms with Crippen molar-refractivity contribution in [1.29, 1.82) is 0 Å². The smallest absolute Gasteiger partial charge is 0.260 e. The number of carbonyl (C=O) groups is 1. The Morgan fingerprint density at radius 3 is 2.61 bits per heavy atom. The molecule has 94 valence electrons. The first-order valence-electron chi connectivity index (χ1n) is 5.52. The van der Waals surface area contributed by atoms with Crippen molar-refractivity contribution in [1.82, 2.24) is 5.16 Å². The van der Waals surface area contributed by atoms with E-state index in [0.29, 0.717) is 22.6 Å². The molecule has 0 saturated carbocycles. The molecule has 1 aromatic carbocycles. The number of carbonyl (C=O) groups excluding carboxylic acids is 1. The van der Waals surface area contributed by atoms with Gasteiger partial charge in [-0.2, -0.15) is 0 Å². The molecule has 2 rings (SSSR count). The zero-order valence-electron chi connectivity index (χ0n) is 10.4. The van der Waals surface area contributed by atoms with Crippen LogP contribution >= 0.6 is 0 Å². The van der Waals surface area contributed by atoms with Crippen molar-refractivity contribution in [3.8, 4) is 5.75 Å². The summed E-state index contributed by atoms with van der Waals surface area (Å²) in [6.45, 7) is 5.27. The fraction of sp³-hybridized carbons (Fsp3) is 0.231. The minimum absolute atomic E-state index is 0.214. The first-order chi connectivity index (χ1) is 8.49. The first kappa shape index (κ1) is 12.2. The number of aromatic hydroxyl groups is 1. The fourth-order valence-corrected chi connectivity index (χ4v) is 1.64. The number of nitrogens with zero attached hydrogens (tertiary/aromatic N) is 1. The largest absolute Gasteiger partial charge is 0.508 e. The highest BCUT2D eigenvalue weighted by atomic mass is 16.5. The van der Waals surface area contributed by atoms with Crippen LogP contribution in [0.5, 0.6) is 5.75 Å². The molecular formula is C13H14N2O3. The molecule has 1 aromatic heterocycles. The predicted molar refractivity (Wildman–Crippen MR) is 66.8 cm³/mol. The van der Waals surface area contributed by atoms with Crippen LogP contribution in [0.3, 0.4) is 0 Å². The van der Waals surface area contributed by atoms with E-state index in [9.17, 15) is 9.90 Å². The predicted octanol–water partition coefficient (Wildman–Crippen LogP) is 2.56. The van der Waals surface area contributed by atoms with Crippen molar-refractivity contribution in [2.24, 2.45) is 0 Å². The van der Waals surface area contributed by atoms with Crippen molar-refractivity contribution in [2.45, 2.75) is 20.8 Å². The monoisotopic (exact) mass is 246 g/mol. The number of nitrogens with one attached hydrogen (secondary N) is 1. The van der Waals surface area contributed by atoms with Gasteiger partial charge in [-0.3, -0.25) is 4.79 Å². The zero-order chi connectivity index (χ0) is 13.3. The summed E-state index contributed by atoms with van der Waals surface area (Å²) < 4.78 is 4.85. The van der Waals surface area contributed by atoms with Crippen LogP contribution in [0.1, 0.15) is 27.2 Å². The third-order valence-corrected chi connectivity index (χ3v) is 2.79. The molecule has 0 atom stereocenters. The summed E-state index contributed by atoms with van der Waals surface area (Å²) in [6, 6.07) is 3.34. The van der Waals surface area contributed by atoms with Crippen LogP contribution in [-0.2, 0) is 0 Å². The second kappa shape index (κ2) is 4.52. The molecule has 18 heavy (non-hydrogen) atoms. The van der Waals surface area contributed by atoms with Crippen molar-refractivity contribution in [2.75, 3.05) is 5.32 Å². The number of rotatable bonds is 2. The minimum Gasteiger partial charge on any atom is -0.508 e. The Kier molecular flexibility index (Phi) is 3.06. The van der Waals surface area contributed by atoms with Gasteiger partial charge in [0.2, 0.25) is 0 Å². The van der Waals surface area contributed by atoms with Crippen LogP contribution in [0.25, 0.3) is 0 Å². The Hall–Kier alpha value is -2.30. The lowest BCUT2D eigenvalue weighted by Crippen LogP contribution is -2.13. The van der Waals surface area contributed by atoms with Crippen LogP contribution in [0.15, 0.2) is 22.9 Å². The number of amides is 1. The Labute approximate surface area is 104 Å².